The van der Waals surface area contributed by atoms with Crippen molar-refractivity contribution >= 4 is 10.8 Å². The van der Waals surface area contributed by atoms with E-state index in [9.17, 15) is 5.11 Å². The molecule has 1 atom stereocenters. The van der Waals surface area contributed by atoms with Crippen LogP contribution in [0.25, 0.3) is 10.8 Å². The molecule has 0 saturated heterocycles. The Balaban J connectivity index is 2.25. The smallest absolute Gasteiger partial charge is 0.0583 e. The van der Waals surface area contributed by atoms with E-state index in [0.717, 1.165) is 19.3 Å². The molecule has 3 rings (SSSR count). The van der Waals surface area contributed by atoms with Crippen LogP contribution < -0.4 is 0 Å². The topological polar surface area (TPSA) is 20.2 Å². The van der Waals surface area contributed by atoms with Crippen molar-refractivity contribution < 1.29 is 5.11 Å². The summed E-state index contributed by atoms with van der Waals surface area (Å²) in [5.41, 5.74) is 2.77. The first kappa shape index (κ1) is 8.93. The Morgan fingerprint density at radius 2 is 1.93 bits per heavy atom. The first-order valence-corrected chi connectivity index (χ1v) is 5.52. The van der Waals surface area contributed by atoms with Gasteiger partial charge in [0.25, 0.3) is 0 Å². The van der Waals surface area contributed by atoms with Crippen molar-refractivity contribution in [2.45, 2.75) is 25.4 Å². The lowest BCUT2D eigenvalue weighted by Gasteiger charge is -2.22. The lowest BCUT2D eigenvalue weighted by molar-refractivity contribution is 0.159. The number of hydrogen-bond acceptors (Lipinski definition) is 1. The van der Waals surface area contributed by atoms with Gasteiger partial charge >= 0.3 is 0 Å². The van der Waals surface area contributed by atoms with Crippen molar-refractivity contribution in [2.24, 2.45) is 0 Å². The number of aryl methyl sites for hydroxylation is 1. The molecule has 76 valence electrons. The largest absolute Gasteiger partial charge is 0.393 e. The second-order valence-corrected chi connectivity index (χ2v) is 4.32. The van der Waals surface area contributed by atoms with Crippen LogP contribution in [0.2, 0.25) is 0 Å². The van der Waals surface area contributed by atoms with Gasteiger partial charge in [-0.05, 0) is 41.2 Å². The highest BCUT2D eigenvalue weighted by atomic mass is 16.3. The van der Waals surface area contributed by atoms with E-state index in [2.05, 4.69) is 36.4 Å². The Morgan fingerprint density at radius 1 is 1.07 bits per heavy atom. The van der Waals surface area contributed by atoms with Gasteiger partial charge in [0.2, 0.25) is 0 Å². The zero-order valence-corrected chi connectivity index (χ0v) is 8.61. The summed E-state index contributed by atoms with van der Waals surface area (Å²) in [6, 6.07) is 12.8. The standard InChI is InChI=1S/C14H14O/c15-12-7-8-14-11(9-12)6-5-10-3-1-2-4-13(10)14/h1-6,12,15H,7-9H2/t12-/m0/s1. The first-order chi connectivity index (χ1) is 7.34. The molecule has 2 aromatic carbocycles. The Labute approximate surface area is 89.4 Å². The Kier molecular flexibility index (Phi) is 2.00. The van der Waals surface area contributed by atoms with Gasteiger partial charge in [0.05, 0.1) is 6.10 Å². The van der Waals surface area contributed by atoms with Crippen LogP contribution in [0.3, 0.4) is 0 Å². The van der Waals surface area contributed by atoms with Crippen LogP contribution in [0.15, 0.2) is 36.4 Å². The SMILES string of the molecule is O[C@H]1CCc2c(ccc3ccccc23)C1. The summed E-state index contributed by atoms with van der Waals surface area (Å²) in [6.45, 7) is 0. The third-order valence-electron chi connectivity index (χ3n) is 3.32. The van der Waals surface area contributed by atoms with E-state index >= 15 is 0 Å². The number of hydrogen-bond donors (Lipinski definition) is 1. The molecule has 1 nitrogen and oxygen atoms in total. The van der Waals surface area contributed by atoms with Crippen molar-refractivity contribution in [3.63, 3.8) is 0 Å². The molecular formula is C14H14O. The minimum atomic E-state index is -0.140. The fraction of sp³-hybridized carbons (Fsp3) is 0.286. The Hall–Kier alpha value is -1.34. The molecule has 2 aromatic rings. The quantitative estimate of drug-likeness (QED) is 0.690. The van der Waals surface area contributed by atoms with E-state index in [1.54, 1.807) is 0 Å². The molecule has 1 aliphatic carbocycles. The van der Waals surface area contributed by atoms with E-state index in [-0.39, 0.29) is 6.10 Å². The third-order valence-corrected chi connectivity index (χ3v) is 3.32. The molecular weight excluding hydrogens is 184 g/mol. The molecule has 0 aliphatic heterocycles. The van der Waals surface area contributed by atoms with E-state index in [4.69, 9.17) is 0 Å². The molecule has 0 aromatic heterocycles. The molecule has 0 radical (unpaired) electrons. The molecule has 0 unspecified atom stereocenters. The summed E-state index contributed by atoms with van der Waals surface area (Å²) in [6.07, 6.45) is 2.60. The monoisotopic (exact) mass is 198 g/mol. The number of benzene rings is 2. The van der Waals surface area contributed by atoms with Gasteiger partial charge in [-0.15, -0.1) is 0 Å². The van der Waals surface area contributed by atoms with Gasteiger partial charge in [0.15, 0.2) is 0 Å². The number of aliphatic hydroxyl groups is 1. The summed E-state index contributed by atoms with van der Waals surface area (Å²) in [5, 5.41) is 12.3. The van der Waals surface area contributed by atoms with Crippen LogP contribution in [0.4, 0.5) is 0 Å². The summed E-state index contributed by atoms with van der Waals surface area (Å²) in [7, 11) is 0. The van der Waals surface area contributed by atoms with Gasteiger partial charge in [-0.3, -0.25) is 0 Å². The van der Waals surface area contributed by atoms with Gasteiger partial charge in [-0.1, -0.05) is 36.4 Å². The lowest BCUT2D eigenvalue weighted by Crippen LogP contribution is -2.18. The Bertz CT molecular complexity index is 502. The maximum absolute atomic E-state index is 9.63. The van der Waals surface area contributed by atoms with E-state index in [0.29, 0.717) is 0 Å². The van der Waals surface area contributed by atoms with Gasteiger partial charge in [-0.25, -0.2) is 0 Å². The average Bonchev–Trinajstić information content (AvgIpc) is 2.28. The fourth-order valence-electron chi connectivity index (χ4n) is 2.53. The van der Waals surface area contributed by atoms with Crippen LogP contribution in [0.1, 0.15) is 17.5 Å². The second-order valence-electron chi connectivity index (χ2n) is 4.32. The highest BCUT2D eigenvalue weighted by molar-refractivity contribution is 5.87. The van der Waals surface area contributed by atoms with Crippen LogP contribution in [-0.4, -0.2) is 11.2 Å². The summed E-state index contributed by atoms with van der Waals surface area (Å²) in [5.74, 6) is 0. The highest BCUT2D eigenvalue weighted by Crippen LogP contribution is 2.28. The van der Waals surface area contributed by atoms with Crippen LogP contribution in [0.5, 0.6) is 0 Å². The molecule has 0 heterocycles. The third kappa shape index (κ3) is 1.44. The normalized spacial score (nSPS) is 20.2. The molecule has 0 bridgehead atoms. The minimum absolute atomic E-state index is 0.140. The van der Waals surface area contributed by atoms with Gasteiger partial charge in [0.1, 0.15) is 0 Å². The summed E-state index contributed by atoms with van der Waals surface area (Å²) < 4.78 is 0. The van der Waals surface area contributed by atoms with E-state index < -0.39 is 0 Å². The number of fused-ring (bicyclic) bond motifs is 3. The molecule has 0 fully saturated rings. The van der Waals surface area contributed by atoms with Crippen molar-refractivity contribution in [3.8, 4) is 0 Å². The van der Waals surface area contributed by atoms with Gasteiger partial charge in [-0.2, -0.15) is 0 Å². The highest BCUT2D eigenvalue weighted by Gasteiger charge is 2.17. The molecule has 0 amide bonds. The molecule has 0 spiro atoms. The average molecular weight is 198 g/mol. The second kappa shape index (κ2) is 3.35. The van der Waals surface area contributed by atoms with Crippen molar-refractivity contribution in [2.75, 3.05) is 0 Å². The molecule has 0 saturated carbocycles. The predicted octanol–water partition coefficient (Wildman–Crippen LogP) is 2.69. The van der Waals surface area contributed by atoms with Crippen molar-refractivity contribution in [3.05, 3.63) is 47.5 Å². The lowest BCUT2D eigenvalue weighted by atomic mass is 9.86. The molecule has 15 heavy (non-hydrogen) atoms. The summed E-state index contributed by atoms with van der Waals surface area (Å²) >= 11 is 0. The van der Waals surface area contributed by atoms with Gasteiger partial charge in [0, 0.05) is 0 Å². The fourth-order valence-corrected chi connectivity index (χ4v) is 2.53. The number of aliphatic hydroxyl groups excluding tert-OH is 1. The van der Waals surface area contributed by atoms with E-state index in [1.807, 2.05) is 0 Å². The van der Waals surface area contributed by atoms with E-state index in [1.165, 1.54) is 21.9 Å². The predicted molar refractivity (Wildman–Crippen MR) is 62.0 cm³/mol. The van der Waals surface area contributed by atoms with Crippen LogP contribution in [0, 0.1) is 0 Å². The zero-order valence-electron chi connectivity index (χ0n) is 8.61. The zero-order chi connectivity index (χ0) is 10.3. The van der Waals surface area contributed by atoms with Crippen LogP contribution in [-0.2, 0) is 12.8 Å². The minimum Gasteiger partial charge on any atom is -0.393 e. The first-order valence-electron chi connectivity index (χ1n) is 5.52. The van der Waals surface area contributed by atoms with Crippen LogP contribution >= 0.6 is 0 Å². The maximum atomic E-state index is 9.63. The number of rotatable bonds is 0. The molecule has 1 N–H and O–H groups in total. The van der Waals surface area contributed by atoms with Crippen molar-refractivity contribution in [1.29, 1.82) is 0 Å². The molecule has 1 aliphatic rings. The molecule has 1 heteroatoms. The Morgan fingerprint density at radius 3 is 2.87 bits per heavy atom. The summed E-state index contributed by atoms with van der Waals surface area (Å²) in [4.78, 5) is 0. The van der Waals surface area contributed by atoms with Gasteiger partial charge < -0.3 is 5.11 Å². The van der Waals surface area contributed by atoms with Crippen molar-refractivity contribution in [1.82, 2.24) is 0 Å². The maximum Gasteiger partial charge on any atom is 0.0583 e.